The van der Waals surface area contributed by atoms with Crippen molar-refractivity contribution in [2.45, 2.75) is 58.4 Å². The summed E-state index contributed by atoms with van der Waals surface area (Å²) >= 11 is 0. The highest BCUT2D eigenvalue weighted by molar-refractivity contribution is 5.25. The Balaban J connectivity index is 2.29. The third-order valence-electron chi connectivity index (χ3n) is 3.67. The Morgan fingerprint density at radius 1 is 1.24 bits per heavy atom. The zero-order chi connectivity index (χ0) is 12.4. The zero-order valence-electron chi connectivity index (χ0n) is 11.5. The van der Waals surface area contributed by atoms with Crippen LogP contribution in [0.15, 0.2) is 6.20 Å². The number of piperidine rings is 1. The predicted molar refractivity (Wildman–Crippen MR) is 71.5 cm³/mol. The van der Waals surface area contributed by atoms with Crippen molar-refractivity contribution in [2.24, 2.45) is 0 Å². The summed E-state index contributed by atoms with van der Waals surface area (Å²) in [7, 11) is 0. The molecule has 1 aromatic heterocycles. The molecule has 0 aliphatic carbocycles. The highest BCUT2D eigenvalue weighted by Gasteiger charge is 2.23. The number of nitrogens with zero attached hydrogens (tertiary/aromatic N) is 2. The van der Waals surface area contributed by atoms with E-state index in [0.717, 1.165) is 13.1 Å². The Morgan fingerprint density at radius 2 is 1.88 bits per heavy atom. The van der Waals surface area contributed by atoms with Crippen molar-refractivity contribution >= 4 is 0 Å². The molecule has 0 bridgehead atoms. The minimum absolute atomic E-state index is 0.461. The number of hydrogen-bond donors (Lipinski definition) is 1. The number of nitrogens with one attached hydrogen (secondary N) is 1. The molecule has 2 heterocycles. The van der Waals surface area contributed by atoms with Crippen LogP contribution in [-0.2, 0) is 0 Å². The SMILES string of the molecule is CC(C)c1cn(C(C)C)nc1C1CCNCC1. The maximum Gasteiger partial charge on any atom is 0.0691 e. The lowest BCUT2D eigenvalue weighted by Crippen LogP contribution is -2.27. The maximum absolute atomic E-state index is 4.84. The van der Waals surface area contributed by atoms with E-state index in [0.29, 0.717) is 17.9 Å². The normalized spacial score (nSPS) is 18.2. The Labute approximate surface area is 105 Å². The fourth-order valence-corrected chi connectivity index (χ4v) is 2.54. The molecule has 3 heteroatoms. The van der Waals surface area contributed by atoms with Crippen LogP contribution in [0.4, 0.5) is 0 Å². The van der Waals surface area contributed by atoms with Crippen LogP contribution < -0.4 is 5.32 Å². The van der Waals surface area contributed by atoms with Crippen molar-refractivity contribution in [1.29, 1.82) is 0 Å². The van der Waals surface area contributed by atoms with Gasteiger partial charge in [-0.2, -0.15) is 5.10 Å². The molecule has 0 amide bonds. The fourth-order valence-electron chi connectivity index (χ4n) is 2.54. The molecule has 3 nitrogen and oxygen atoms in total. The molecule has 1 aliphatic rings. The Morgan fingerprint density at radius 3 is 2.41 bits per heavy atom. The van der Waals surface area contributed by atoms with E-state index in [4.69, 9.17) is 5.10 Å². The van der Waals surface area contributed by atoms with Gasteiger partial charge in [-0.15, -0.1) is 0 Å². The van der Waals surface area contributed by atoms with Gasteiger partial charge in [-0.25, -0.2) is 0 Å². The van der Waals surface area contributed by atoms with E-state index in [1.807, 2.05) is 0 Å². The summed E-state index contributed by atoms with van der Waals surface area (Å²) in [5.41, 5.74) is 2.81. The average Bonchev–Trinajstić information content (AvgIpc) is 2.75. The summed E-state index contributed by atoms with van der Waals surface area (Å²) in [5.74, 6) is 1.24. The summed E-state index contributed by atoms with van der Waals surface area (Å²) in [6.07, 6.45) is 4.72. The van der Waals surface area contributed by atoms with Crippen molar-refractivity contribution in [3.05, 3.63) is 17.5 Å². The van der Waals surface area contributed by atoms with Gasteiger partial charge in [0.05, 0.1) is 5.69 Å². The van der Waals surface area contributed by atoms with Crippen LogP contribution in [0, 0.1) is 0 Å². The van der Waals surface area contributed by atoms with E-state index in [2.05, 4.69) is 43.9 Å². The van der Waals surface area contributed by atoms with Crippen LogP contribution in [0.25, 0.3) is 0 Å². The molecule has 96 valence electrons. The molecule has 17 heavy (non-hydrogen) atoms. The highest BCUT2D eigenvalue weighted by Crippen LogP contribution is 2.31. The van der Waals surface area contributed by atoms with Crippen molar-refractivity contribution in [3.63, 3.8) is 0 Å². The van der Waals surface area contributed by atoms with Crippen molar-refractivity contribution in [3.8, 4) is 0 Å². The summed E-state index contributed by atoms with van der Waals surface area (Å²) in [5, 5.41) is 8.27. The zero-order valence-corrected chi connectivity index (χ0v) is 11.5. The van der Waals surface area contributed by atoms with E-state index in [1.54, 1.807) is 0 Å². The van der Waals surface area contributed by atoms with E-state index in [1.165, 1.54) is 24.1 Å². The number of rotatable bonds is 3. The van der Waals surface area contributed by atoms with Crippen LogP contribution in [-0.4, -0.2) is 22.9 Å². The Bertz CT molecular complexity index is 360. The quantitative estimate of drug-likeness (QED) is 0.872. The van der Waals surface area contributed by atoms with Gasteiger partial charge in [-0.05, 0) is 51.3 Å². The second-order valence-corrected chi connectivity index (χ2v) is 5.72. The molecule has 1 fully saturated rings. The molecule has 0 unspecified atom stereocenters. The van der Waals surface area contributed by atoms with E-state index >= 15 is 0 Å². The highest BCUT2D eigenvalue weighted by atomic mass is 15.3. The summed E-state index contributed by atoms with van der Waals surface area (Å²) in [6, 6.07) is 0.461. The third kappa shape index (κ3) is 2.71. The summed E-state index contributed by atoms with van der Waals surface area (Å²) < 4.78 is 2.13. The standard InChI is InChI=1S/C14H25N3/c1-10(2)13-9-17(11(3)4)16-14(13)12-5-7-15-8-6-12/h9-12,15H,5-8H2,1-4H3. The van der Waals surface area contributed by atoms with Crippen molar-refractivity contribution in [2.75, 3.05) is 13.1 Å². The van der Waals surface area contributed by atoms with Crippen LogP contribution in [0.5, 0.6) is 0 Å². The van der Waals surface area contributed by atoms with Crippen molar-refractivity contribution in [1.82, 2.24) is 15.1 Å². The molecule has 1 aliphatic heterocycles. The summed E-state index contributed by atoms with van der Waals surface area (Å²) in [6.45, 7) is 11.2. The molecule has 2 rings (SSSR count). The lowest BCUT2D eigenvalue weighted by atomic mass is 9.89. The van der Waals surface area contributed by atoms with Crippen LogP contribution in [0.3, 0.4) is 0 Å². The smallest absolute Gasteiger partial charge is 0.0691 e. The molecule has 0 atom stereocenters. The van der Waals surface area contributed by atoms with Gasteiger partial charge in [0.15, 0.2) is 0 Å². The summed E-state index contributed by atoms with van der Waals surface area (Å²) in [4.78, 5) is 0. The monoisotopic (exact) mass is 235 g/mol. The average molecular weight is 235 g/mol. The maximum atomic E-state index is 4.84. The van der Waals surface area contributed by atoms with Gasteiger partial charge >= 0.3 is 0 Å². The van der Waals surface area contributed by atoms with E-state index < -0.39 is 0 Å². The first-order valence-corrected chi connectivity index (χ1v) is 6.89. The first-order chi connectivity index (χ1) is 8.09. The Hall–Kier alpha value is -0.830. The predicted octanol–water partition coefficient (Wildman–Crippen LogP) is 3.05. The second-order valence-electron chi connectivity index (χ2n) is 5.72. The van der Waals surface area contributed by atoms with Gasteiger partial charge in [0.1, 0.15) is 0 Å². The largest absolute Gasteiger partial charge is 0.317 e. The van der Waals surface area contributed by atoms with Gasteiger partial charge in [-0.1, -0.05) is 13.8 Å². The van der Waals surface area contributed by atoms with Gasteiger partial charge < -0.3 is 5.32 Å². The molecule has 1 saturated heterocycles. The number of hydrogen-bond acceptors (Lipinski definition) is 2. The fraction of sp³-hybridized carbons (Fsp3) is 0.786. The molecule has 1 aromatic rings. The minimum atomic E-state index is 0.461. The van der Waals surface area contributed by atoms with Gasteiger partial charge in [0.2, 0.25) is 0 Å². The number of aromatic nitrogens is 2. The first kappa shape index (κ1) is 12.6. The topological polar surface area (TPSA) is 29.9 Å². The molecule has 1 N–H and O–H groups in total. The van der Waals surface area contributed by atoms with Gasteiger partial charge in [0.25, 0.3) is 0 Å². The second kappa shape index (κ2) is 5.21. The van der Waals surface area contributed by atoms with E-state index in [-0.39, 0.29) is 0 Å². The van der Waals surface area contributed by atoms with Crippen LogP contribution >= 0.6 is 0 Å². The van der Waals surface area contributed by atoms with Gasteiger partial charge in [0, 0.05) is 18.2 Å². The molecule has 0 aromatic carbocycles. The van der Waals surface area contributed by atoms with Crippen LogP contribution in [0.1, 0.15) is 69.7 Å². The Kier molecular flexibility index (Phi) is 3.87. The minimum Gasteiger partial charge on any atom is -0.317 e. The molecule has 0 spiro atoms. The molecule has 0 radical (unpaired) electrons. The third-order valence-corrected chi connectivity index (χ3v) is 3.67. The molecular weight excluding hydrogens is 210 g/mol. The lowest BCUT2D eigenvalue weighted by Gasteiger charge is -2.22. The van der Waals surface area contributed by atoms with E-state index in [9.17, 15) is 0 Å². The lowest BCUT2D eigenvalue weighted by molar-refractivity contribution is 0.439. The first-order valence-electron chi connectivity index (χ1n) is 6.89. The van der Waals surface area contributed by atoms with Crippen LogP contribution in [0.2, 0.25) is 0 Å². The van der Waals surface area contributed by atoms with Gasteiger partial charge in [-0.3, -0.25) is 4.68 Å². The molecule has 0 saturated carbocycles. The van der Waals surface area contributed by atoms with Crippen molar-refractivity contribution < 1.29 is 0 Å². The molecular formula is C14H25N3.